The van der Waals surface area contributed by atoms with Crippen molar-refractivity contribution in [1.29, 1.82) is 0 Å². The molecule has 0 aliphatic carbocycles. The van der Waals surface area contributed by atoms with Crippen molar-refractivity contribution in [2.75, 3.05) is 0 Å². The van der Waals surface area contributed by atoms with Crippen LogP contribution in [0.5, 0.6) is 0 Å². The molecule has 20 heavy (non-hydrogen) atoms. The van der Waals surface area contributed by atoms with Crippen molar-refractivity contribution in [2.24, 2.45) is 0 Å². The van der Waals surface area contributed by atoms with Gasteiger partial charge in [0.05, 0.1) is 11.8 Å². The fourth-order valence-corrected chi connectivity index (χ4v) is 1.87. The van der Waals surface area contributed by atoms with Gasteiger partial charge in [0, 0.05) is 18.0 Å². The smallest absolute Gasteiger partial charge is 0.228 e. The average Bonchev–Trinajstić information content (AvgIpc) is 2.92. The van der Waals surface area contributed by atoms with E-state index >= 15 is 0 Å². The van der Waals surface area contributed by atoms with Gasteiger partial charge < -0.3 is 4.42 Å². The van der Waals surface area contributed by atoms with Gasteiger partial charge in [-0.05, 0) is 36.8 Å². The Kier molecular flexibility index (Phi) is 3.02. The zero-order valence-corrected chi connectivity index (χ0v) is 10.6. The molecule has 0 N–H and O–H groups in total. The van der Waals surface area contributed by atoms with E-state index in [2.05, 4.69) is 9.97 Å². The van der Waals surface area contributed by atoms with E-state index in [0.717, 1.165) is 23.3 Å². The SMILES string of the molecule is Cc1ccncc1-c1ncc(-c2ccc(F)c(F)c2)o1. The van der Waals surface area contributed by atoms with E-state index < -0.39 is 11.6 Å². The van der Waals surface area contributed by atoms with Gasteiger partial charge in [-0.3, -0.25) is 4.98 Å². The van der Waals surface area contributed by atoms with E-state index in [0.29, 0.717) is 17.2 Å². The molecule has 0 saturated heterocycles. The second-order valence-corrected chi connectivity index (χ2v) is 4.35. The minimum Gasteiger partial charge on any atom is -0.436 e. The van der Waals surface area contributed by atoms with Gasteiger partial charge in [0.15, 0.2) is 17.4 Å². The van der Waals surface area contributed by atoms with Gasteiger partial charge in [-0.1, -0.05) is 0 Å². The summed E-state index contributed by atoms with van der Waals surface area (Å²) in [6, 6.07) is 5.42. The maximum absolute atomic E-state index is 13.2. The lowest BCUT2D eigenvalue weighted by atomic mass is 10.2. The third kappa shape index (κ3) is 2.18. The van der Waals surface area contributed by atoms with E-state index in [9.17, 15) is 8.78 Å². The second kappa shape index (κ2) is 4.85. The molecular formula is C15H10F2N2O. The first-order valence-corrected chi connectivity index (χ1v) is 5.97. The first-order chi connectivity index (χ1) is 9.65. The van der Waals surface area contributed by atoms with Gasteiger partial charge in [0.1, 0.15) is 0 Å². The van der Waals surface area contributed by atoms with Crippen LogP contribution in [0.4, 0.5) is 8.78 Å². The van der Waals surface area contributed by atoms with Gasteiger partial charge >= 0.3 is 0 Å². The second-order valence-electron chi connectivity index (χ2n) is 4.35. The maximum Gasteiger partial charge on any atom is 0.228 e. The maximum atomic E-state index is 13.2. The van der Waals surface area contributed by atoms with E-state index in [4.69, 9.17) is 4.42 Å². The predicted molar refractivity (Wildman–Crippen MR) is 69.8 cm³/mol. The van der Waals surface area contributed by atoms with Crippen molar-refractivity contribution in [3.8, 4) is 22.8 Å². The molecule has 2 aromatic heterocycles. The molecule has 0 unspecified atom stereocenters. The Bertz CT molecular complexity index is 768. The van der Waals surface area contributed by atoms with E-state index in [-0.39, 0.29) is 0 Å². The normalized spacial score (nSPS) is 10.8. The molecule has 0 radical (unpaired) electrons. The number of halogens is 2. The van der Waals surface area contributed by atoms with Gasteiger partial charge in [-0.2, -0.15) is 0 Å². The van der Waals surface area contributed by atoms with Gasteiger partial charge in [0.2, 0.25) is 5.89 Å². The molecule has 3 aromatic rings. The summed E-state index contributed by atoms with van der Waals surface area (Å²) in [5.74, 6) is -1.04. The Hall–Kier alpha value is -2.56. The third-order valence-electron chi connectivity index (χ3n) is 2.98. The van der Waals surface area contributed by atoms with Crippen molar-refractivity contribution in [1.82, 2.24) is 9.97 Å². The molecule has 3 rings (SSSR count). The molecule has 0 spiro atoms. The molecule has 0 saturated carbocycles. The molecule has 0 aliphatic rings. The first-order valence-electron chi connectivity index (χ1n) is 5.97. The van der Waals surface area contributed by atoms with Crippen LogP contribution in [-0.2, 0) is 0 Å². The molecule has 0 atom stereocenters. The minimum atomic E-state index is -0.919. The van der Waals surface area contributed by atoms with Crippen LogP contribution in [0.1, 0.15) is 5.56 Å². The highest BCUT2D eigenvalue weighted by molar-refractivity contribution is 5.62. The van der Waals surface area contributed by atoms with Crippen molar-refractivity contribution in [3.05, 3.63) is 60.1 Å². The van der Waals surface area contributed by atoms with Crippen molar-refractivity contribution in [3.63, 3.8) is 0 Å². The van der Waals surface area contributed by atoms with Crippen LogP contribution in [-0.4, -0.2) is 9.97 Å². The zero-order valence-electron chi connectivity index (χ0n) is 10.6. The summed E-state index contributed by atoms with van der Waals surface area (Å²) in [5, 5.41) is 0. The molecular weight excluding hydrogens is 262 g/mol. The average molecular weight is 272 g/mol. The first kappa shape index (κ1) is 12.5. The molecule has 100 valence electrons. The largest absolute Gasteiger partial charge is 0.436 e. The molecule has 5 heteroatoms. The number of aromatic nitrogens is 2. The fourth-order valence-electron chi connectivity index (χ4n) is 1.87. The Balaban J connectivity index is 2.02. The van der Waals surface area contributed by atoms with Gasteiger partial charge in [-0.15, -0.1) is 0 Å². The number of aryl methyl sites for hydroxylation is 1. The van der Waals surface area contributed by atoms with E-state index in [1.807, 2.05) is 13.0 Å². The standard InChI is InChI=1S/C15H10F2N2O/c1-9-4-5-18-7-11(9)15-19-8-14(20-15)10-2-3-12(16)13(17)6-10/h2-8H,1H3. The lowest BCUT2D eigenvalue weighted by Gasteiger charge is -2.00. The molecule has 2 heterocycles. The zero-order chi connectivity index (χ0) is 14.1. The Labute approximate surface area is 113 Å². The molecule has 0 fully saturated rings. The van der Waals surface area contributed by atoms with Crippen LogP contribution in [0.3, 0.4) is 0 Å². The lowest BCUT2D eigenvalue weighted by Crippen LogP contribution is -1.84. The number of pyridine rings is 1. The quantitative estimate of drug-likeness (QED) is 0.708. The van der Waals surface area contributed by atoms with Crippen LogP contribution >= 0.6 is 0 Å². The summed E-state index contributed by atoms with van der Waals surface area (Å²) >= 11 is 0. The van der Waals surface area contributed by atoms with Crippen LogP contribution in [0, 0.1) is 18.6 Å². The highest BCUT2D eigenvalue weighted by atomic mass is 19.2. The fraction of sp³-hybridized carbons (Fsp3) is 0.0667. The highest BCUT2D eigenvalue weighted by Gasteiger charge is 2.12. The molecule has 0 bridgehead atoms. The van der Waals surface area contributed by atoms with E-state index in [1.54, 1.807) is 12.4 Å². The molecule has 1 aromatic carbocycles. The monoisotopic (exact) mass is 272 g/mol. The van der Waals surface area contributed by atoms with Gasteiger partial charge in [0.25, 0.3) is 0 Å². The number of hydrogen-bond donors (Lipinski definition) is 0. The highest BCUT2D eigenvalue weighted by Crippen LogP contribution is 2.28. The Morgan fingerprint density at radius 2 is 1.90 bits per heavy atom. The Morgan fingerprint density at radius 1 is 1.05 bits per heavy atom. The van der Waals surface area contributed by atoms with Crippen LogP contribution in [0.2, 0.25) is 0 Å². The lowest BCUT2D eigenvalue weighted by molar-refractivity contribution is 0.508. The van der Waals surface area contributed by atoms with Crippen LogP contribution in [0.25, 0.3) is 22.8 Å². The van der Waals surface area contributed by atoms with Crippen molar-refractivity contribution < 1.29 is 13.2 Å². The summed E-state index contributed by atoms with van der Waals surface area (Å²) in [7, 11) is 0. The number of rotatable bonds is 2. The predicted octanol–water partition coefficient (Wildman–Crippen LogP) is 3.99. The number of oxazole rings is 1. The summed E-state index contributed by atoms with van der Waals surface area (Å²) in [5.41, 5.74) is 2.17. The van der Waals surface area contributed by atoms with E-state index in [1.165, 1.54) is 12.3 Å². The number of nitrogens with zero attached hydrogens (tertiary/aromatic N) is 2. The Morgan fingerprint density at radius 3 is 2.65 bits per heavy atom. The molecule has 3 nitrogen and oxygen atoms in total. The summed E-state index contributed by atoms with van der Waals surface area (Å²) in [4.78, 5) is 8.17. The molecule has 0 aliphatic heterocycles. The minimum absolute atomic E-state index is 0.377. The van der Waals surface area contributed by atoms with Gasteiger partial charge in [-0.25, -0.2) is 13.8 Å². The van der Waals surface area contributed by atoms with Crippen molar-refractivity contribution in [2.45, 2.75) is 6.92 Å². The molecule has 0 amide bonds. The van der Waals surface area contributed by atoms with Crippen LogP contribution in [0.15, 0.2) is 47.3 Å². The van der Waals surface area contributed by atoms with Crippen LogP contribution < -0.4 is 0 Å². The third-order valence-corrected chi connectivity index (χ3v) is 2.98. The topological polar surface area (TPSA) is 38.9 Å². The van der Waals surface area contributed by atoms with Crippen molar-refractivity contribution >= 4 is 0 Å². The number of hydrogen-bond acceptors (Lipinski definition) is 3. The summed E-state index contributed by atoms with van der Waals surface area (Å²) < 4.78 is 31.7. The summed E-state index contributed by atoms with van der Waals surface area (Å²) in [6.07, 6.45) is 4.81. The number of benzene rings is 1. The summed E-state index contributed by atoms with van der Waals surface area (Å²) in [6.45, 7) is 1.92.